The van der Waals surface area contributed by atoms with Crippen LogP contribution in [-0.4, -0.2) is 82.9 Å². The summed E-state index contributed by atoms with van der Waals surface area (Å²) < 4.78 is 32.5. The van der Waals surface area contributed by atoms with Crippen LogP contribution in [0.1, 0.15) is 136 Å². The maximum absolute atomic E-state index is 12.6. The number of rotatable bonds is 38. The van der Waals surface area contributed by atoms with Gasteiger partial charge in [-0.15, -0.1) is 0 Å². The van der Waals surface area contributed by atoms with Crippen molar-refractivity contribution in [3.8, 4) is 0 Å². The Hall–Kier alpha value is -2.93. The van der Waals surface area contributed by atoms with Gasteiger partial charge in [-0.2, -0.15) is 0 Å². The second-order valence-corrected chi connectivity index (χ2v) is 15.5. The number of aliphatic hydroxyl groups excluding tert-OH is 3. The second-order valence-electron chi connectivity index (χ2n) is 14.1. The number of unbranched alkanes of at least 4 members (excludes halogenated alkanes) is 9. The molecule has 0 heterocycles. The molecule has 5 atom stereocenters. The van der Waals surface area contributed by atoms with Crippen molar-refractivity contribution in [1.29, 1.82) is 0 Å². The largest absolute Gasteiger partial charge is 0.472 e. The topological polar surface area (TPSA) is 195 Å². The third-order valence-corrected chi connectivity index (χ3v) is 9.60. The highest BCUT2D eigenvalue weighted by Crippen LogP contribution is 2.43. The zero-order chi connectivity index (χ0) is 43.0. The summed E-state index contributed by atoms with van der Waals surface area (Å²) in [6, 6.07) is 0. The van der Waals surface area contributed by atoms with E-state index in [2.05, 4.69) is 50.3 Å². The number of phosphoric ester groups is 1. The Labute approximate surface area is 349 Å². The molecule has 0 bridgehead atoms. The predicted molar refractivity (Wildman–Crippen MR) is 233 cm³/mol. The van der Waals surface area contributed by atoms with Gasteiger partial charge in [-0.1, -0.05) is 144 Å². The van der Waals surface area contributed by atoms with E-state index < -0.39 is 57.4 Å². The number of nitrogens with two attached hydrogens (primary N) is 1. The second kappa shape index (κ2) is 39.5. The predicted octanol–water partition coefficient (Wildman–Crippen LogP) is 8.96. The van der Waals surface area contributed by atoms with Crippen LogP contribution in [0.4, 0.5) is 0 Å². The Kier molecular flexibility index (Phi) is 37.5. The minimum Gasteiger partial charge on any atom is -0.462 e. The lowest BCUT2D eigenvalue weighted by atomic mass is 10.1. The smallest absolute Gasteiger partial charge is 0.462 e. The molecule has 332 valence electrons. The summed E-state index contributed by atoms with van der Waals surface area (Å²) in [5, 5.41) is 30.4. The molecule has 13 heteroatoms. The maximum atomic E-state index is 12.6. The van der Waals surface area contributed by atoms with Crippen LogP contribution in [0.25, 0.3) is 0 Å². The molecule has 0 aliphatic carbocycles. The number of hydrogen-bond donors (Lipinski definition) is 5. The summed E-state index contributed by atoms with van der Waals surface area (Å²) in [5.74, 6) is -1.19. The Bertz CT molecular complexity index is 1280. The van der Waals surface area contributed by atoms with Crippen LogP contribution in [0.5, 0.6) is 0 Å². The van der Waals surface area contributed by atoms with E-state index in [-0.39, 0.29) is 38.8 Å². The molecule has 0 aliphatic rings. The first-order valence-corrected chi connectivity index (χ1v) is 22.9. The molecule has 0 aliphatic heterocycles. The average molecular weight is 838 g/mol. The van der Waals surface area contributed by atoms with Gasteiger partial charge in [-0.05, 0) is 64.2 Å². The fraction of sp³-hybridized carbons (Fsp3) is 0.644. The maximum Gasteiger partial charge on any atom is 0.472 e. The molecule has 6 N–H and O–H groups in total. The molecule has 58 heavy (non-hydrogen) atoms. The van der Waals surface area contributed by atoms with Gasteiger partial charge in [0.15, 0.2) is 6.10 Å². The fourth-order valence-corrected chi connectivity index (χ4v) is 6.02. The molecule has 0 aromatic heterocycles. The number of ether oxygens (including phenoxy) is 2. The van der Waals surface area contributed by atoms with Gasteiger partial charge in [-0.3, -0.25) is 18.6 Å². The summed E-state index contributed by atoms with van der Waals surface area (Å²) in [7, 11) is -4.47. The lowest BCUT2D eigenvalue weighted by molar-refractivity contribution is -0.161. The summed E-state index contributed by atoms with van der Waals surface area (Å²) in [4.78, 5) is 34.9. The van der Waals surface area contributed by atoms with Gasteiger partial charge in [0.1, 0.15) is 6.61 Å². The summed E-state index contributed by atoms with van der Waals surface area (Å²) in [6.07, 6.45) is 38.4. The van der Waals surface area contributed by atoms with E-state index in [1.165, 1.54) is 25.3 Å². The lowest BCUT2D eigenvalue weighted by Gasteiger charge is -2.20. The number of allylic oxidation sites excluding steroid dienone is 12. The molecule has 12 nitrogen and oxygen atoms in total. The van der Waals surface area contributed by atoms with Gasteiger partial charge in [0.2, 0.25) is 0 Å². The first-order valence-electron chi connectivity index (χ1n) is 21.4. The monoisotopic (exact) mass is 838 g/mol. The lowest BCUT2D eigenvalue weighted by Crippen LogP contribution is -2.30. The van der Waals surface area contributed by atoms with Crippen molar-refractivity contribution in [3.05, 3.63) is 85.1 Å². The van der Waals surface area contributed by atoms with E-state index in [1.54, 1.807) is 42.5 Å². The molecule has 1 unspecified atom stereocenters. The average Bonchev–Trinajstić information content (AvgIpc) is 3.20. The molecular formula is C45H76NO11P. The summed E-state index contributed by atoms with van der Waals surface area (Å²) in [6.45, 7) is 3.15. The van der Waals surface area contributed by atoms with E-state index in [9.17, 15) is 34.4 Å². The molecule has 0 saturated carbocycles. The standard InChI is InChI=1S/C45H76NO11P/c1-3-5-7-8-9-10-11-12-13-14-15-16-17-18-19-24-28-34-45(51)57-41(39-56-58(52,53)55-37-36-46)38-54-44(50)35-29-33-43(49)42(48)32-27-23-21-20-22-26-31-40(47)30-25-6-4-2/h9-10,12-13,15-16,20-23,26-27,31-32,40-43,47-49H,3-8,11,14,17-19,24-25,28-30,33-39,46H2,1-2H3,(H,52,53)/b10-9-,13-12-,16-15-,22-20-,23-21+,31-26+,32-27+/t40-,41-,42-,43-/m1/s1. The highest BCUT2D eigenvalue weighted by molar-refractivity contribution is 7.47. The Morgan fingerprint density at radius 1 is 0.638 bits per heavy atom. The number of hydrogen-bond acceptors (Lipinski definition) is 11. The highest BCUT2D eigenvalue weighted by atomic mass is 31.2. The van der Waals surface area contributed by atoms with Crippen molar-refractivity contribution in [3.63, 3.8) is 0 Å². The molecular weight excluding hydrogens is 761 g/mol. The van der Waals surface area contributed by atoms with Gasteiger partial charge in [0.25, 0.3) is 0 Å². The van der Waals surface area contributed by atoms with Crippen molar-refractivity contribution in [1.82, 2.24) is 0 Å². The highest BCUT2D eigenvalue weighted by Gasteiger charge is 2.26. The Morgan fingerprint density at radius 2 is 1.21 bits per heavy atom. The SMILES string of the molecule is CCCCC/C=C\C/C=C\C/C=C\CCCCCCC(=O)O[C@H](COC(=O)CCC[C@@H](O)[C@H](O)/C=C/C=C/C=C\C=C\[C@H](O)CCCCC)COP(=O)(O)OCCN. The molecule has 0 amide bonds. The number of aliphatic hydroxyl groups is 3. The van der Waals surface area contributed by atoms with Crippen molar-refractivity contribution in [2.75, 3.05) is 26.4 Å². The van der Waals surface area contributed by atoms with Gasteiger partial charge in [0, 0.05) is 19.4 Å². The normalized spacial score (nSPS) is 15.8. The van der Waals surface area contributed by atoms with Crippen molar-refractivity contribution in [2.45, 2.75) is 160 Å². The minimum absolute atomic E-state index is 0.00394. The molecule has 0 aromatic carbocycles. The van der Waals surface area contributed by atoms with E-state index in [0.29, 0.717) is 6.42 Å². The number of carbonyl (C=O) groups excluding carboxylic acids is 2. The van der Waals surface area contributed by atoms with Gasteiger partial charge < -0.3 is 35.4 Å². The molecule has 0 radical (unpaired) electrons. The van der Waals surface area contributed by atoms with Gasteiger partial charge in [0.05, 0.1) is 31.5 Å². The van der Waals surface area contributed by atoms with Crippen LogP contribution in [0.15, 0.2) is 85.1 Å². The zero-order valence-electron chi connectivity index (χ0n) is 35.3. The Morgan fingerprint density at radius 3 is 1.86 bits per heavy atom. The zero-order valence-corrected chi connectivity index (χ0v) is 36.2. The molecule has 0 spiro atoms. The van der Waals surface area contributed by atoms with Crippen LogP contribution in [0.3, 0.4) is 0 Å². The first-order chi connectivity index (χ1) is 28.0. The Balaban J connectivity index is 4.56. The van der Waals surface area contributed by atoms with E-state index in [1.807, 2.05) is 0 Å². The van der Waals surface area contributed by atoms with Gasteiger partial charge >= 0.3 is 19.8 Å². The quantitative estimate of drug-likeness (QED) is 0.0130. The third-order valence-electron chi connectivity index (χ3n) is 8.62. The summed E-state index contributed by atoms with van der Waals surface area (Å²) >= 11 is 0. The van der Waals surface area contributed by atoms with Gasteiger partial charge in [-0.25, -0.2) is 4.57 Å². The molecule has 0 aromatic rings. The molecule has 0 rings (SSSR count). The molecule has 0 fully saturated rings. The van der Waals surface area contributed by atoms with E-state index >= 15 is 0 Å². The summed E-state index contributed by atoms with van der Waals surface area (Å²) in [5.41, 5.74) is 5.32. The van der Waals surface area contributed by atoms with Crippen LogP contribution in [0.2, 0.25) is 0 Å². The van der Waals surface area contributed by atoms with E-state index in [4.69, 9.17) is 24.3 Å². The van der Waals surface area contributed by atoms with Crippen molar-refractivity contribution in [2.24, 2.45) is 5.73 Å². The van der Waals surface area contributed by atoms with Crippen LogP contribution >= 0.6 is 7.82 Å². The van der Waals surface area contributed by atoms with Crippen molar-refractivity contribution < 1.29 is 52.9 Å². The van der Waals surface area contributed by atoms with Crippen LogP contribution < -0.4 is 5.73 Å². The van der Waals surface area contributed by atoms with Crippen LogP contribution in [-0.2, 0) is 32.7 Å². The van der Waals surface area contributed by atoms with Crippen LogP contribution in [0, 0.1) is 0 Å². The minimum atomic E-state index is -4.47. The van der Waals surface area contributed by atoms with Crippen molar-refractivity contribution >= 4 is 19.8 Å². The number of phosphoric acid groups is 1. The van der Waals surface area contributed by atoms with E-state index in [0.717, 1.165) is 70.6 Å². The number of esters is 2. The fourth-order valence-electron chi connectivity index (χ4n) is 5.26. The first kappa shape index (κ1) is 55.1. The number of carbonyl (C=O) groups is 2. The molecule has 0 saturated heterocycles. The third kappa shape index (κ3) is 37.3.